The van der Waals surface area contributed by atoms with Crippen molar-refractivity contribution in [3.63, 3.8) is 0 Å². The van der Waals surface area contributed by atoms with Crippen molar-refractivity contribution >= 4 is 46.7 Å². The number of nitrogens with zero attached hydrogens (tertiary/aromatic N) is 2. The van der Waals surface area contributed by atoms with E-state index in [1.54, 1.807) is 19.9 Å². The molecule has 2 fully saturated rings. The van der Waals surface area contributed by atoms with Crippen LogP contribution in [0.15, 0.2) is 18.2 Å². The Morgan fingerprint density at radius 2 is 1.72 bits per heavy atom. The number of rotatable bonds is 4. The number of nitrogens with one attached hydrogen (secondary N) is 2. The van der Waals surface area contributed by atoms with Crippen LogP contribution in [0.1, 0.15) is 34.1 Å². The van der Waals surface area contributed by atoms with E-state index < -0.39 is 23.4 Å². The molecule has 7 nitrogen and oxygen atoms in total. The molecule has 158 valence electrons. The van der Waals surface area contributed by atoms with Crippen molar-refractivity contribution in [1.29, 1.82) is 0 Å². The lowest BCUT2D eigenvalue weighted by molar-refractivity contribution is -0.137. The summed E-state index contributed by atoms with van der Waals surface area (Å²) in [7, 11) is 0. The molecular weight excluding hydrogens is 415 g/mol. The summed E-state index contributed by atoms with van der Waals surface area (Å²) in [6, 6.07) is 5.06. The summed E-state index contributed by atoms with van der Waals surface area (Å²) in [6.45, 7) is 8.65. The molecule has 0 aromatic heterocycles. The highest BCUT2D eigenvalue weighted by Crippen LogP contribution is 2.31. The van der Waals surface area contributed by atoms with Gasteiger partial charge in [-0.1, -0.05) is 30.1 Å². The Labute approximate surface area is 180 Å². The SMILES string of the molecule is CC(CC1(C)NC(=O)NC1=O)C(=O)N1CC(C)N(c2cc(Cl)cc(Cl)c2)C(C)C1. The molecule has 4 amide bonds. The summed E-state index contributed by atoms with van der Waals surface area (Å²) in [5.74, 6) is -0.829. The minimum absolute atomic E-state index is 0.0253. The monoisotopic (exact) mass is 440 g/mol. The maximum Gasteiger partial charge on any atom is 0.322 e. The van der Waals surface area contributed by atoms with Crippen molar-refractivity contribution in [3.05, 3.63) is 28.2 Å². The molecular formula is C20H26Cl2N4O3. The first kappa shape index (κ1) is 21.7. The van der Waals surface area contributed by atoms with Crippen LogP contribution in [0.4, 0.5) is 10.5 Å². The Balaban J connectivity index is 1.69. The normalized spacial score (nSPS) is 28.2. The van der Waals surface area contributed by atoms with Gasteiger partial charge in [0.15, 0.2) is 0 Å². The third-order valence-electron chi connectivity index (χ3n) is 5.63. The van der Waals surface area contributed by atoms with Crippen molar-refractivity contribution in [2.24, 2.45) is 5.92 Å². The van der Waals surface area contributed by atoms with Gasteiger partial charge in [-0.3, -0.25) is 14.9 Å². The second-order valence-corrected chi connectivity index (χ2v) is 9.19. The van der Waals surface area contributed by atoms with Crippen LogP contribution in [-0.2, 0) is 9.59 Å². The highest BCUT2D eigenvalue weighted by atomic mass is 35.5. The van der Waals surface area contributed by atoms with Gasteiger partial charge in [-0.25, -0.2) is 4.79 Å². The summed E-state index contributed by atoms with van der Waals surface area (Å²) in [5, 5.41) is 6.00. The predicted octanol–water partition coefficient (Wildman–Crippen LogP) is 3.04. The lowest BCUT2D eigenvalue weighted by Gasteiger charge is -2.46. The zero-order valence-electron chi connectivity index (χ0n) is 17.0. The van der Waals surface area contributed by atoms with Crippen molar-refractivity contribution in [1.82, 2.24) is 15.5 Å². The Morgan fingerprint density at radius 1 is 1.17 bits per heavy atom. The fourth-order valence-electron chi connectivity index (χ4n) is 4.43. The molecule has 2 aliphatic heterocycles. The molecule has 2 heterocycles. The van der Waals surface area contributed by atoms with Gasteiger partial charge in [0.05, 0.1) is 0 Å². The molecule has 2 N–H and O–H groups in total. The fourth-order valence-corrected chi connectivity index (χ4v) is 4.95. The molecule has 1 aromatic carbocycles. The first-order valence-electron chi connectivity index (χ1n) is 9.67. The Morgan fingerprint density at radius 3 is 2.21 bits per heavy atom. The van der Waals surface area contributed by atoms with E-state index in [1.165, 1.54) is 0 Å². The van der Waals surface area contributed by atoms with Gasteiger partial charge in [0.1, 0.15) is 5.54 Å². The van der Waals surface area contributed by atoms with Gasteiger partial charge in [-0.15, -0.1) is 0 Å². The summed E-state index contributed by atoms with van der Waals surface area (Å²) >= 11 is 12.3. The van der Waals surface area contributed by atoms with Gasteiger partial charge in [0, 0.05) is 46.8 Å². The molecule has 0 bridgehead atoms. The smallest absolute Gasteiger partial charge is 0.322 e. The van der Waals surface area contributed by atoms with Gasteiger partial charge in [0.2, 0.25) is 5.91 Å². The van der Waals surface area contributed by atoms with Gasteiger partial charge < -0.3 is 15.1 Å². The second-order valence-electron chi connectivity index (χ2n) is 8.32. The number of carbonyl (C=O) groups excluding carboxylic acids is 3. The maximum absolute atomic E-state index is 13.1. The van der Waals surface area contributed by atoms with Gasteiger partial charge in [0.25, 0.3) is 5.91 Å². The minimum atomic E-state index is -1.07. The van der Waals surface area contributed by atoms with Gasteiger partial charge in [-0.2, -0.15) is 0 Å². The van der Waals surface area contributed by atoms with E-state index in [-0.39, 0.29) is 24.4 Å². The minimum Gasteiger partial charge on any atom is -0.362 e. The van der Waals surface area contributed by atoms with E-state index in [4.69, 9.17) is 23.2 Å². The first-order valence-corrected chi connectivity index (χ1v) is 10.4. The molecule has 9 heteroatoms. The van der Waals surface area contributed by atoms with Crippen LogP contribution < -0.4 is 15.5 Å². The van der Waals surface area contributed by atoms with Crippen LogP contribution >= 0.6 is 23.2 Å². The quantitative estimate of drug-likeness (QED) is 0.704. The number of hydrogen-bond donors (Lipinski definition) is 2. The standard InChI is InChI=1S/C20H26Cl2N4O3/c1-11(8-20(4)18(28)23-19(29)24-20)17(27)25-9-12(2)26(13(3)10-25)16-6-14(21)5-15(22)7-16/h5-7,11-13H,8-10H2,1-4H3,(H2,23,24,28,29). The lowest BCUT2D eigenvalue weighted by atomic mass is 9.88. The average Bonchev–Trinajstić information content (AvgIpc) is 2.84. The van der Waals surface area contributed by atoms with Crippen LogP contribution in [0.3, 0.4) is 0 Å². The molecule has 29 heavy (non-hydrogen) atoms. The van der Waals surface area contributed by atoms with Crippen LogP contribution in [0, 0.1) is 5.92 Å². The largest absolute Gasteiger partial charge is 0.362 e. The van der Waals surface area contributed by atoms with E-state index in [0.29, 0.717) is 23.1 Å². The fraction of sp³-hybridized carbons (Fsp3) is 0.550. The summed E-state index contributed by atoms with van der Waals surface area (Å²) in [4.78, 5) is 40.7. The van der Waals surface area contributed by atoms with E-state index in [2.05, 4.69) is 29.4 Å². The molecule has 0 radical (unpaired) electrons. The Kier molecular flexibility index (Phi) is 6.01. The number of carbonyl (C=O) groups is 3. The number of amides is 4. The Hall–Kier alpha value is -1.99. The number of imide groups is 1. The van der Waals surface area contributed by atoms with E-state index in [0.717, 1.165) is 5.69 Å². The topological polar surface area (TPSA) is 81.8 Å². The summed E-state index contributed by atoms with van der Waals surface area (Å²) < 4.78 is 0. The van der Waals surface area contributed by atoms with Crippen LogP contribution in [0.25, 0.3) is 0 Å². The third-order valence-corrected chi connectivity index (χ3v) is 6.07. The van der Waals surface area contributed by atoms with Gasteiger partial charge >= 0.3 is 6.03 Å². The molecule has 0 aliphatic carbocycles. The van der Waals surface area contributed by atoms with Crippen LogP contribution in [-0.4, -0.2) is 53.5 Å². The highest BCUT2D eigenvalue weighted by Gasteiger charge is 2.44. The zero-order chi connectivity index (χ0) is 21.5. The maximum atomic E-state index is 13.1. The predicted molar refractivity (Wildman–Crippen MR) is 113 cm³/mol. The second kappa shape index (κ2) is 8.03. The molecule has 0 saturated carbocycles. The molecule has 0 spiro atoms. The van der Waals surface area contributed by atoms with E-state index in [9.17, 15) is 14.4 Å². The number of anilines is 1. The number of benzene rings is 1. The molecule has 3 rings (SSSR count). The molecule has 2 saturated heterocycles. The summed E-state index contributed by atoms with van der Waals surface area (Å²) in [5.41, 5.74) is -0.136. The third kappa shape index (κ3) is 4.46. The average molecular weight is 441 g/mol. The molecule has 4 atom stereocenters. The van der Waals surface area contributed by atoms with Crippen molar-refractivity contribution in [3.8, 4) is 0 Å². The number of piperazine rings is 1. The van der Waals surface area contributed by atoms with E-state index >= 15 is 0 Å². The first-order chi connectivity index (χ1) is 13.5. The zero-order valence-corrected chi connectivity index (χ0v) is 18.5. The van der Waals surface area contributed by atoms with Crippen LogP contribution in [0.2, 0.25) is 10.0 Å². The highest BCUT2D eigenvalue weighted by molar-refractivity contribution is 6.35. The molecule has 2 aliphatic rings. The van der Waals surface area contributed by atoms with Crippen molar-refractivity contribution in [2.45, 2.75) is 51.7 Å². The van der Waals surface area contributed by atoms with E-state index in [1.807, 2.05) is 17.0 Å². The molecule has 1 aromatic rings. The molecule has 4 unspecified atom stereocenters. The number of halogens is 2. The van der Waals surface area contributed by atoms with Crippen molar-refractivity contribution in [2.75, 3.05) is 18.0 Å². The van der Waals surface area contributed by atoms with Gasteiger partial charge in [-0.05, 0) is 45.4 Å². The summed E-state index contributed by atoms with van der Waals surface area (Å²) in [6.07, 6.45) is 0.246. The lowest BCUT2D eigenvalue weighted by Crippen LogP contribution is -2.59. The Bertz CT molecular complexity index is 817. The van der Waals surface area contributed by atoms with Crippen LogP contribution in [0.5, 0.6) is 0 Å². The van der Waals surface area contributed by atoms with Crippen molar-refractivity contribution < 1.29 is 14.4 Å². The number of urea groups is 1. The number of hydrogen-bond acceptors (Lipinski definition) is 4.